The third kappa shape index (κ3) is 3.53. The molecule has 1 spiro atoms. The van der Waals surface area contributed by atoms with Gasteiger partial charge in [0.05, 0.1) is 18.4 Å². The molecule has 0 aromatic carbocycles. The first-order valence-corrected chi connectivity index (χ1v) is 9.62. The topological polar surface area (TPSA) is 71.8 Å². The van der Waals surface area contributed by atoms with Gasteiger partial charge in [-0.25, -0.2) is 13.1 Å². The van der Waals surface area contributed by atoms with Crippen LogP contribution in [0.5, 0.6) is 0 Å². The quantitative estimate of drug-likeness (QED) is 0.847. The lowest BCUT2D eigenvalue weighted by Crippen LogP contribution is -2.64. The average molecular weight is 328 g/mol. The largest absolute Gasteiger partial charge is 0.465 e. The normalized spacial score (nSPS) is 24.7. The number of hydrogen-bond acceptors (Lipinski definition) is 5. The van der Waals surface area contributed by atoms with Crippen LogP contribution in [-0.4, -0.2) is 51.4 Å². The highest BCUT2D eigenvalue weighted by molar-refractivity contribution is 7.88. The fraction of sp³-hybridized carbons (Fsp3) is 0.733. The molecule has 0 radical (unpaired) electrons. The van der Waals surface area contributed by atoms with Crippen molar-refractivity contribution in [2.45, 2.75) is 31.9 Å². The van der Waals surface area contributed by atoms with E-state index in [1.165, 1.54) is 6.26 Å². The molecule has 0 bridgehead atoms. The molecule has 0 saturated carbocycles. The Balaban J connectivity index is 1.49. The van der Waals surface area contributed by atoms with E-state index in [0.29, 0.717) is 12.5 Å². The van der Waals surface area contributed by atoms with Crippen LogP contribution in [-0.2, 0) is 21.3 Å². The van der Waals surface area contributed by atoms with Gasteiger partial charge in [-0.15, -0.1) is 0 Å². The van der Waals surface area contributed by atoms with Crippen LogP contribution in [0.1, 0.15) is 24.4 Å². The summed E-state index contributed by atoms with van der Waals surface area (Å²) in [5.74, 6) is 2.35. The van der Waals surface area contributed by atoms with Crippen molar-refractivity contribution in [1.29, 1.82) is 0 Å². The molecule has 2 aliphatic rings. The maximum absolute atomic E-state index is 11.1. The summed E-state index contributed by atoms with van der Waals surface area (Å²) in [6.45, 7) is 5.83. The molecule has 2 saturated heterocycles. The summed E-state index contributed by atoms with van der Waals surface area (Å²) >= 11 is 0. The molecular weight excluding hydrogens is 304 g/mol. The molecule has 124 valence electrons. The Hall–Kier alpha value is -0.890. The number of sulfonamides is 1. The van der Waals surface area contributed by atoms with Gasteiger partial charge in [0, 0.05) is 26.2 Å². The number of likely N-dealkylation sites (tertiary alicyclic amines) is 1. The Morgan fingerprint density at radius 3 is 2.82 bits per heavy atom. The van der Waals surface area contributed by atoms with Gasteiger partial charge in [-0.05, 0) is 37.8 Å². The van der Waals surface area contributed by atoms with Gasteiger partial charge in [-0.1, -0.05) is 0 Å². The Bertz CT molecular complexity index is 619. The number of ether oxygens (including phenoxy) is 1. The predicted molar refractivity (Wildman–Crippen MR) is 83.0 cm³/mol. The fourth-order valence-corrected chi connectivity index (χ4v) is 4.06. The number of hydrogen-bond donors (Lipinski definition) is 1. The van der Waals surface area contributed by atoms with Crippen LogP contribution < -0.4 is 4.72 Å². The number of nitrogens with one attached hydrogen (secondary N) is 1. The van der Waals surface area contributed by atoms with Gasteiger partial charge in [0.1, 0.15) is 11.5 Å². The van der Waals surface area contributed by atoms with Gasteiger partial charge in [0.25, 0.3) is 0 Å². The molecule has 2 fully saturated rings. The van der Waals surface area contributed by atoms with Crippen molar-refractivity contribution in [3.8, 4) is 0 Å². The average Bonchev–Trinajstić information content (AvgIpc) is 2.95. The minimum absolute atomic E-state index is 0.0825. The molecule has 3 heterocycles. The summed E-state index contributed by atoms with van der Waals surface area (Å²) in [4.78, 5) is 2.32. The van der Waals surface area contributed by atoms with E-state index in [2.05, 4.69) is 9.62 Å². The second kappa shape index (κ2) is 5.96. The van der Waals surface area contributed by atoms with E-state index in [1.54, 1.807) is 0 Å². The number of rotatable bonds is 6. The first-order valence-electron chi connectivity index (χ1n) is 7.73. The van der Waals surface area contributed by atoms with Crippen LogP contribution in [0, 0.1) is 12.8 Å². The summed E-state index contributed by atoms with van der Waals surface area (Å²) in [5.41, 5.74) is -0.0825. The van der Waals surface area contributed by atoms with Crippen molar-refractivity contribution in [3.05, 3.63) is 23.7 Å². The molecule has 7 heteroatoms. The third-order valence-electron chi connectivity index (χ3n) is 4.61. The molecule has 3 rings (SSSR count). The Morgan fingerprint density at radius 2 is 2.18 bits per heavy atom. The summed E-state index contributed by atoms with van der Waals surface area (Å²) in [6.07, 6.45) is 3.05. The first-order chi connectivity index (χ1) is 10.4. The lowest BCUT2D eigenvalue weighted by atomic mass is 9.79. The summed E-state index contributed by atoms with van der Waals surface area (Å²) in [6, 6.07) is 4.00. The highest BCUT2D eigenvalue weighted by Gasteiger charge is 2.52. The van der Waals surface area contributed by atoms with E-state index < -0.39 is 10.0 Å². The molecule has 1 aromatic heterocycles. The van der Waals surface area contributed by atoms with Crippen molar-refractivity contribution in [2.75, 3.05) is 32.5 Å². The van der Waals surface area contributed by atoms with Gasteiger partial charge >= 0.3 is 0 Å². The van der Waals surface area contributed by atoms with Crippen molar-refractivity contribution >= 4 is 10.0 Å². The first kappa shape index (κ1) is 16.0. The number of nitrogens with zero attached hydrogens (tertiary/aromatic N) is 1. The smallest absolute Gasteiger partial charge is 0.208 e. The molecule has 0 amide bonds. The maximum Gasteiger partial charge on any atom is 0.208 e. The summed E-state index contributed by atoms with van der Waals surface area (Å²) < 4.78 is 36.5. The van der Waals surface area contributed by atoms with E-state index >= 15 is 0 Å². The van der Waals surface area contributed by atoms with E-state index in [0.717, 1.165) is 50.6 Å². The Morgan fingerprint density at radius 1 is 1.41 bits per heavy atom. The predicted octanol–water partition coefficient (Wildman–Crippen LogP) is 1.12. The van der Waals surface area contributed by atoms with Gasteiger partial charge < -0.3 is 9.15 Å². The lowest BCUT2D eigenvalue weighted by molar-refractivity contribution is -0.138. The fourth-order valence-electron chi connectivity index (χ4n) is 3.57. The van der Waals surface area contributed by atoms with Crippen LogP contribution in [0.2, 0.25) is 0 Å². The van der Waals surface area contributed by atoms with Crippen molar-refractivity contribution in [1.82, 2.24) is 9.62 Å². The summed E-state index contributed by atoms with van der Waals surface area (Å²) in [5, 5.41) is 0. The maximum atomic E-state index is 11.1. The molecule has 22 heavy (non-hydrogen) atoms. The summed E-state index contributed by atoms with van der Waals surface area (Å²) in [7, 11) is -3.10. The van der Waals surface area contributed by atoms with E-state index in [9.17, 15) is 8.42 Å². The standard InChI is InChI=1S/C15H24N2O4S/c1-12-3-4-14(21-12)9-17-10-15(11-17)13(6-8-20-15)5-7-16-22(2,18)19/h3-4,13,16H,5-11H2,1-2H3/t13-/m1/s1. The lowest BCUT2D eigenvalue weighted by Gasteiger charge is -2.50. The molecule has 2 aliphatic heterocycles. The van der Waals surface area contributed by atoms with Crippen LogP contribution in [0.25, 0.3) is 0 Å². The van der Waals surface area contributed by atoms with E-state index in [-0.39, 0.29) is 5.60 Å². The number of aryl methyl sites for hydroxylation is 1. The monoisotopic (exact) mass is 328 g/mol. The Kier molecular flexibility index (Phi) is 4.33. The zero-order valence-electron chi connectivity index (χ0n) is 13.2. The molecule has 6 nitrogen and oxygen atoms in total. The minimum Gasteiger partial charge on any atom is -0.465 e. The van der Waals surface area contributed by atoms with E-state index in [4.69, 9.17) is 9.15 Å². The second-order valence-corrected chi connectivity index (χ2v) is 8.34. The third-order valence-corrected chi connectivity index (χ3v) is 5.34. The highest BCUT2D eigenvalue weighted by atomic mass is 32.2. The van der Waals surface area contributed by atoms with Gasteiger partial charge in [0.15, 0.2) is 0 Å². The van der Waals surface area contributed by atoms with Gasteiger partial charge in [0.2, 0.25) is 10.0 Å². The zero-order chi connectivity index (χ0) is 15.8. The van der Waals surface area contributed by atoms with Crippen LogP contribution in [0.4, 0.5) is 0 Å². The molecule has 1 N–H and O–H groups in total. The van der Waals surface area contributed by atoms with Crippen LogP contribution in [0.3, 0.4) is 0 Å². The minimum atomic E-state index is -3.10. The Labute approximate surface area is 131 Å². The zero-order valence-corrected chi connectivity index (χ0v) is 14.0. The second-order valence-electron chi connectivity index (χ2n) is 6.51. The SMILES string of the molecule is Cc1ccc(CN2CC3(C2)OCC[C@H]3CCNS(C)(=O)=O)o1. The van der Waals surface area contributed by atoms with Crippen molar-refractivity contribution in [2.24, 2.45) is 5.92 Å². The van der Waals surface area contributed by atoms with Crippen LogP contribution in [0.15, 0.2) is 16.5 Å². The van der Waals surface area contributed by atoms with Crippen LogP contribution >= 0.6 is 0 Å². The number of furan rings is 1. The van der Waals surface area contributed by atoms with Gasteiger partial charge in [-0.2, -0.15) is 0 Å². The van der Waals surface area contributed by atoms with Gasteiger partial charge in [-0.3, -0.25) is 4.90 Å². The molecule has 0 aliphatic carbocycles. The van der Waals surface area contributed by atoms with Crippen molar-refractivity contribution in [3.63, 3.8) is 0 Å². The molecule has 0 unspecified atom stereocenters. The molecule has 1 atom stereocenters. The van der Waals surface area contributed by atoms with Crippen molar-refractivity contribution < 1.29 is 17.6 Å². The molecule has 1 aromatic rings. The molecular formula is C15H24N2O4S. The van der Waals surface area contributed by atoms with E-state index in [1.807, 2.05) is 19.1 Å². The highest BCUT2D eigenvalue weighted by Crippen LogP contribution is 2.42.